The van der Waals surface area contributed by atoms with Crippen molar-refractivity contribution >= 4 is 5.78 Å². The SMILES string of the molecule is CC(=O)c1cc2c(cc1C)C(C)(C)CC(C)C2(C)C. The van der Waals surface area contributed by atoms with E-state index in [1.165, 1.54) is 17.5 Å². The first-order valence-electron chi connectivity index (χ1n) is 7.24. The molecule has 0 aromatic heterocycles. The second kappa shape index (κ2) is 4.19. The van der Waals surface area contributed by atoms with Crippen LogP contribution in [0.25, 0.3) is 0 Å². The molecule has 0 radical (unpaired) electrons. The minimum Gasteiger partial charge on any atom is -0.295 e. The molecular weight excluding hydrogens is 232 g/mol. The highest BCUT2D eigenvalue weighted by atomic mass is 16.1. The molecule has 1 unspecified atom stereocenters. The Balaban J connectivity index is 2.76. The van der Waals surface area contributed by atoms with Gasteiger partial charge in [0.25, 0.3) is 0 Å². The maximum atomic E-state index is 11.8. The Bertz CT molecular complexity index is 535. The summed E-state index contributed by atoms with van der Waals surface area (Å²) in [5, 5.41) is 0. The van der Waals surface area contributed by atoms with Gasteiger partial charge in [-0.05, 0) is 59.8 Å². The van der Waals surface area contributed by atoms with E-state index < -0.39 is 0 Å². The Hall–Kier alpha value is -1.11. The Morgan fingerprint density at radius 3 is 2.26 bits per heavy atom. The van der Waals surface area contributed by atoms with E-state index in [-0.39, 0.29) is 16.6 Å². The van der Waals surface area contributed by atoms with Gasteiger partial charge in [-0.25, -0.2) is 0 Å². The van der Waals surface area contributed by atoms with E-state index >= 15 is 0 Å². The molecule has 1 heteroatoms. The summed E-state index contributed by atoms with van der Waals surface area (Å²) < 4.78 is 0. The van der Waals surface area contributed by atoms with Crippen LogP contribution in [-0.2, 0) is 10.8 Å². The van der Waals surface area contributed by atoms with Crippen molar-refractivity contribution in [2.45, 2.75) is 65.7 Å². The number of ketones is 1. The zero-order valence-corrected chi connectivity index (χ0v) is 13.3. The summed E-state index contributed by atoms with van der Waals surface area (Å²) in [7, 11) is 0. The van der Waals surface area contributed by atoms with Gasteiger partial charge in [-0.2, -0.15) is 0 Å². The third kappa shape index (κ3) is 2.13. The number of carbonyl (C=O) groups excluding carboxylic acids is 1. The van der Waals surface area contributed by atoms with Crippen LogP contribution in [-0.4, -0.2) is 5.78 Å². The predicted molar refractivity (Wildman–Crippen MR) is 81.0 cm³/mol. The molecule has 1 aliphatic rings. The van der Waals surface area contributed by atoms with Crippen molar-refractivity contribution in [3.8, 4) is 0 Å². The van der Waals surface area contributed by atoms with Crippen molar-refractivity contribution in [3.63, 3.8) is 0 Å². The second-order valence-corrected chi connectivity index (χ2v) is 7.48. The zero-order valence-electron chi connectivity index (χ0n) is 13.3. The average molecular weight is 258 g/mol. The molecule has 1 nitrogen and oxygen atoms in total. The molecule has 1 aliphatic carbocycles. The Labute approximate surface area is 117 Å². The lowest BCUT2D eigenvalue weighted by atomic mass is 9.58. The monoisotopic (exact) mass is 258 g/mol. The Morgan fingerprint density at radius 2 is 1.74 bits per heavy atom. The lowest BCUT2D eigenvalue weighted by molar-refractivity contribution is 0.101. The van der Waals surface area contributed by atoms with E-state index in [9.17, 15) is 4.79 Å². The topological polar surface area (TPSA) is 17.1 Å². The number of Topliss-reactive ketones (excluding diaryl/α,β-unsaturated/α-hetero) is 1. The first-order valence-corrected chi connectivity index (χ1v) is 7.24. The highest BCUT2D eigenvalue weighted by Crippen LogP contribution is 2.49. The van der Waals surface area contributed by atoms with Gasteiger partial charge in [0, 0.05) is 5.56 Å². The molecule has 2 rings (SSSR count). The Kier molecular flexibility index (Phi) is 3.16. The van der Waals surface area contributed by atoms with E-state index in [1.54, 1.807) is 6.92 Å². The van der Waals surface area contributed by atoms with E-state index in [4.69, 9.17) is 0 Å². The molecule has 1 atom stereocenters. The smallest absolute Gasteiger partial charge is 0.160 e. The molecule has 0 saturated carbocycles. The fraction of sp³-hybridized carbons (Fsp3) is 0.611. The lowest BCUT2D eigenvalue weighted by Gasteiger charge is -2.47. The molecule has 0 fully saturated rings. The first kappa shape index (κ1) is 14.3. The summed E-state index contributed by atoms with van der Waals surface area (Å²) in [6, 6.07) is 4.41. The minimum absolute atomic E-state index is 0.142. The van der Waals surface area contributed by atoms with Crippen molar-refractivity contribution in [1.29, 1.82) is 0 Å². The first-order chi connectivity index (χ1) is 8.57. The molecule has 0 N–H and O–H groups in total. The van der Waals surface area contributed by atoms with Gasteiger partial charge in [-0.1, -0.05) is 40.7 Å². The molecule has 0 aliphatic heterocycles. The molecule has 0 amide bonds. The third-order valence-electron chi connectivity index (χ3n) is 5.22. The van der Waals surface area contributed by atoms with Crippen molar-refractivity contribution < 1.29 is 4.79 Å². The standard InChI is InChI=1S/C18H26O/c1-11-8-15-16(9-14(11)13(3)19)18(6,7)12(2)10-17(15,4)5/h8-9,12H,10H2,1-7H3. The van der Waals surface area contributed by atoms with Gasteiger partial charge in [-0.15, -0.1) is 0 Å². The van der Waals surface area contributed by atoms with Crippen LogP contribution in [0.4, 0.5) is 0 Å². The summed E-state index contributed by atoms with van der Waals surface area (Å²) in [5.41, 5.74) is 5.14. The summed E-state index contributed by atoms with van der Waals surface area (Å²) in [4.78, 5) is 11.8. The molecule has 0 spiro atoms. The summed E-state index contributed by atoms with van der Waals surface area (Å²) in [6.45, 7) is 15.3. The fourth-order valence-corrected chi connectivity index (χ4v) is 3.58. The van der Waals surface area contributed by atoms with E-state index in [2.05, 4.69) is 53.7 Å². The van der Waals surface area contributed by atoms with Crippen LogP contribution in [0.3, 0.4) is 0 Å². The average Bonchev–Trinajstić information content (AvgIpc) is 2.25. The third-order valence-corrected chi connectivity index (χ3v) is 5.22. The number of benzene rings is 1. The number of carbonyl (C=O) groups is 1. The number of rotatable bonds is 1. The predicted octanol–water partition coefficient (Wildman–Crippen LogP) is 4.79. The van der Waals surface area contributed by atoms with Crippen molar-refractivity contribution in [2.24, 2.45) is 5.92 Å². The fourth-order valence-electron chi connectivity index (χ4n) is 3.58. The van der Waals surface area contributed by atoms with Gasteiger partial charge < -0.3 is 0 Å². The molecule has 19 heavy (non-hydrogen) atoms. The van der Waals surface area contributed by atoms with Gasteiger partial charge in [0.2, 0.25) is 0 Å². The van der Waals surface area contributed by atoms with E-state index in [1.807, 2.05) is 0 Å². The maximum absolute atomic E-state index is 11.8. The maximum Gasteiger partial charge on any atom is 0.160 e. The number of hydrogen-bond donors (Lipinski definition) is 0. The molecule has 0 saturated heterocycles. The molecule has 104 valence electrons. The van der Waals surface area contributed by atoms with E-state index in [0.29, 0.717) is 5.92 Å². The zero-order chi connectivity index (χ0) is 14.6. The van der Waals surface area contributed by atoms with Crippen LogP contribution < -0.4 is 0 Å². The quantitative estimate of drug-likeness (QED) is 0.662. The van der Waals surface area contributed by atoms with Gasteiger partial charge >= 0.3 is 0 Å². The van der Waals surface area contributed by atoms with Crippen LogP contribution in [0.1, 0.15) is 75.0 Å². The van der Waals surface area contributed by atoms with Gasteiger partial charge in [0.05, 0.1) is 0 Å². The molecule has 1 aromatic rings. The van der Waals surface area contributed by atoms with Crippen LogP contribution in [0.2, 0.25) is 0 Å². The number of hydrogen-bond acceptors (Lipinski definition) is 1. The van der Waals surface area contributed by atoms with Crippen LogP contribution in [0.5, 0.6) is 0 Å². The largest absolute Gasteiger partial charge is 0.295 e. The normalized spacial score (nSPS) is 23.8. The summed E-state index contributed by atoms with van der Waals surface area (Å²) in [5.74, 6) is 0.796. The van der Waals surface area contributed by atoms with Crippen molar-refractivity contribution in [3.05, 3.63) is 34.4 Å². The molecular formula is C18H26O. The van der Waals surface area contributed by atoms with E-state index in [0.717, 1.165) is 11.1 Å². The molecule has 0 bridgehead atoms. The summed E-state index contributed by atoms with van der Waals surface area (Å²) in [6.07, 6.45) is 1.20. The van der Waals surface area contributed by atoms with Crippen molar-refractivity contribution in [2.75, 3.05) is 0 Å². The van der Waals surface area contributed by atoms with Gasteiger partial charge in [0.15, 0.2) is 5.78 Å². The van der Waals surface area contributed by atoms with Gasteiger partial charge in [0.1, 0.15) is 0 Å². The van der Waals surface area contributed by atoms with Crippen LogP contribution in [0.15, 0.2) is 12.1 Å². The minimum atomic E-state index is 0.142. The number of aryl methyl sites for hydroxylation is 1. The van der Waals surface area contributed by atoms with Crippen LogP contribution >= 0.6 is 0 Å². The Morgan fingerprint density at radius 1 is 1.16 bits per heavy atom. The second-order valence-electron chi connectivity index (χ2n) is 7.48. The number of fused-ring (bicyclic) bond motifs is 1. The summed E-state index contributed by atoms with van der Waals surface area (Å²) >= 11 is 0. The van der Waals surface area contributed by atoms with Gasteiger partial charge in [-0.3, -0.25) is 4.79 Å². The van der Waals surface area contributed by atoms with Crippen molar-refractivity contribution in [1.82, 2.24) is 0 Å². The lowest BCUT2D eigenvalue weighted by Crippen LogP contribution is -2.40. The highest BCUT2D eigenvalue weighted by molar-refractivity contribution is 5.96. The molecule has 1 aromatic carbocycles. The molecule has 0 heterocycles. The highest BCUT2D eigenvalue weighted by Gasteiger charge is 2.42. The van der Waals surface area contributed by atoms with Crippen LogP contribution in [0, 0.1) is 12.8 Å².